The lowest BCUT2D eigenvalue weighted by atomic mass is 10.2. The monoisotopic (exact) mass is 275 g/mol. The van der Waals surface area contributed by atoms with Crippen molar-refractivity contribution in [2.45, 2.75) is 6.92 Å². The van der Waals surface area contributed by atoms with Gasteiger partial charge in [-0.3, -0.25) is 5.10 Å². The summed E-state index contributed by atoms with van der Waals surface area (Å²) in [5.74, 6) is 0. The highest BCUT2D eigenvalue weighted by atomic mass is 35.5. The van der Waals surface area contributed by atoms with Crippen LogP contribution in [0.4, 0.5) is 0 Å². The fraction of sp³-hybridized carbons (Fsp3) is 0.0769. The highest BCUT2D eigenvalue weighted by Gasteiger charge is 2.13. The van der Waals surface area contributed by atoms with Crippen LogP contribution in [0.5, 0.6) is 0 Å². The molecule has 5 heteroatoms. The fourth-order valence-electron chi connectivity index (χ4n) is 1.68. The zero-order chi connectivity index (χ0) is 12.5. The topological polar surface area (TPSA) is 41.6 Å². The number of nitrogens with one attached hydrogen (secondary N) is 1. The molecule has 0 aliphatic carbocycles. The van der Waals surface area contributed by atoms with E-state index in [2.05, 4.69) is 15.2 Å². The van der Waals surface area contributed by atoms with Gasteiger partial charge in [0.15, 0.2) is 0 Å². The normalized spacial score (nSPS) is 10.8. The SMILES string of the molecule is Cc1[nH]nc(-c2cnc(-c3ccccc3)s2)c1Cl. The van der Waals surface area contributed by atoms with Crippen LogP contribution in [-0.2, 0) is 0 Å². The van der Waals surface area contributed by atoms with Crippen molar-refractivity contribution in [2.24, 2.45) is 0 Å². The minimum Gasteiger partial charge on any atom is -0.281 e. The Labute approximate surface area is 113 Å². The molecule has 90 valence electrons. The molecule has 0 spiro atoms. The van der Waals surface area contributed by atoms with Crippen LogP contribution >= 0.6 is 22.9 Å². The Morgan fingerprint density at radius 2 is 2.00 bits per heavy atom. The zero-order valence-electron chi connectivity index (χ0n) is 9.64. The van der Waals surface area contributed by atoms with Gasteiger partial charge in [-0.25, -0.2) is 4.98 Å². The summed E-state index contributed by atoms with van der Waals surface area (Å²) in [4.78, 5) is 5.39. The summed E-state index contributed by atoms with van der Waals surface area (Å²) in [5.41, 5.74) is 2.76. The third-order valence-electron chi connectivity index (χ3n) is 2.63. The van der Waals surface area contributed by atoms with E-state index in [0.717, 1.165) is 26.8 Å². The van der Waals surface area contributed by atoms with E-state index in [-0.39, 0.29) is 0 Å². The summed E-state index contributed by atoms with van der Waals surface area (Å²) >= 11 is 7.77. The first kappa shape index (κ1) is 11.4. The van der Waals surface area contributed by atoms with Gasteiger partial charge in [-0.05, 0) is 6.92 Å². The molecule has 18 heavy (non-hydrogen) atoms. The van der Waals surface area contributed by atoms with Crippen LogP contribution in [0.25, 0.3) is 21.1 Å². The molecule has 3 nitrogen and oxygen atoms in total. The summed E-state index contributed by atoms with van der Waals surface area (Å²) in [6, 6.07) is 10.1. The van der Waals surface area contributed by atoms with Crippen LogP contribution < -0.4 is 0 Å². The van der Waals surface area contributed by atoms with Crippen molar-refractivity contribution in [2.75, 3.05) is 0 Å². The van der Waals surface area contributed by atoms with Gasteiger partial charge >= 0.3 is 0 Å². The van der Waals surface area contributed by atoms with Crippen LogP contribution in [0.1, 0.15) is 5.69 Å². The Morgan fingerprint density at radius 1 is 1.22 bits per heavy atom. The van der Waals surface area contributed by atoms with Crippen LogP contribution in [0.15, 0.2) is 36.5 Å². The smallest absolute Gasteiger partial charge is 0.123 e. The molecule has 0 fully saturated rings. The standard InChI is InChI=1S/C13H10ClN3S/c1-8-11(14)12(17-16-8)10-7-15-13(18-10)9-5-3-2-4-6-9/h2-7H,1H3,(H,16,17). The van der Waals surface area contributed by atoms with Crippen LogP contribution in [-0.4, -0.2) is 15.2 Å². The maximum absolute atomic E-state index is 6.18. The first-order valence-corrected chi connectivity index (χ1v) is 6.67. The Bertz CT molecular complexity index is 673. The van der Waals surface area contributed by atoms with Gasteiger partial charge < -0.3 is 0 Å². The molecule has 2 heterocycles. The van der Waals surface area contributed by atoms with E-state index >= 15 is 0 Å². The van der Waals surface area contributed by atoms with E-state index in [1.807, 2.05) is 43.5 Å². The predicted octanol–water partition coefficient (Wildman–Crippen LogP) is 4.16. The number of rotatable bonds is 2. The Balaban J connectivity index is 2.02. The van der Waals surface area contributed by atoms with Gasteiger partial charge in [0.1, 0.15) is 10.7 Å². The average molecular weight is 276 g/mol. The van der Waals surface area contributed by atoms with E-state index in [9.17, 15) is 0 Å². The number of hydrogen-bond donors (Lipinski definition) is 1. The van der Waals surface area contributed by atoms with E-state index in [1.165, 1.54) is 0 Å². The maximum Gasteiger partial charge on any atom is 0.123 e. The number of benzene rings is 1. The summed E-state index contributed by atoms with van der Waals surface area (Å²) in [6.45, 7) is 1.90. The van der Waals surface area contributed by atoms with E-state index < -0.39 is 0 Å². The summed E-state index contributed by atoms with van der Waals surface area (Å²) in [7, 11) is 0. The lowest BCUT2D eigenvalue weighted by Crippen LogP contribution is -1.71. The lowest BCUT2D eigenvalue weighted by Gasteiger charge is -1.93. The summed E-state index contributed by atoms with van der Waals surface area (Å²) < 4.78 is 0. The van der Waals surface area contributed by atoms with Crippen LogP contribution in [0.3, 0.4) is 0 Å². The van der Waals surface area contributed by atoms with Crippen molar-refractivity contribution in [3.05, 3.63) is 47.2 Å². The first-order valence-electron chi connectivity index (χ1n) is 5.48. The van der Waals surface area contributed by atoms with Gasteiger partial charge in [0.05, 0.1) is 15.6 Å². The molecule has 0 saturated carbocycles. The molecule has 0 aliphatic heterocycles. The fourth-order valence-corrected chi connectivity index (χ4v) is 2.84. The summed E-state index contributed by atoms with van der Waals surface area (Å²) in [5, 5.41) is 8.73. The first-order chi connectivity index (χ1) is 8.75. The summed E-state index contributed by atoms with van der Waals surface area (Å²) in [6.07, 6.45) is 1.81. The largest absolute Gasteiger partial charge is 0.281 e. The highest BCUT2D eigenvalue weighted by molar-refractivity contribution is 7.18. The molecular weight excluding hydrogens is 266 g/mol. The van der Waals surface area contributed by atoms with Crippen LogP contribution in [0.2, 0.25) is 5.02 Å². The lowest BCUT2D eigenvalue weighted by molar-refractivity contribution is 1.05. The third kappa shape index (κ3) is 1.94. The van der Waals surface area contributed by atoms with E-state index in [4.69, 9.17) is 11.6 Å². The van der Waals surface area contributed by atoms with E-state index in [0.29, 0.717) is 5.02 Å². The highest BCUT2D eigenvalue weighted by Crippen LogP contribution is 2.35. The van der Waals surface area contributed by atoms with Gasteiger partial charge in [0.2, 0.25) is 0 Å². The number of halogens is 1. The molecule has 0 saturated heterocycles. The van der Waals surface area contributed by atoms with Crippen molar-refractivity contribution in [1.82, 2.24) is 15.2 Å². The number of aryl methyl sites for hydroxylation is 1. The van der Waals surface area contributed by atoms with Gasteiger partial charge in [0.25, 0.3) is 0 Å². The second-order valence-corrected chi connectivity index (χ2v) is 5.32. The molecule has 1 N–H and O–H groups in total. The molecule has 0 bridgehead atoms. The second-order valence-electron chi connectivity index (χ2n) is 3.91. The Kier molecular flexibility index (Phi) is 2.89. The molecule has 2 aromatic heterocycles. The molecule has 0 amide bonds. The molecular formula is C13H10ClN3S. The number of aromatic amines is 1. The average Bonchev–Trinajstić information content (AvgIpc) is 3.00. The Morgan fingerprint density at radius 3 is 2.67 bits per heavy atom. The maximum atomic E-state index is 6.18. The molecule has 0 aliphatic rings. The van der Waals surface area contributed by atoms with Crippen molar-refractivity contribution in [1.29, 1.82) is 0 Å². The van der Waals surface area contributed by atoms with E-state index in [1.54, 1.807) is 11.3 Å². The zero-order valence-corrected chi connectivity index (χ0v) is 11.2. The van der Waals surface area contributed by atoms with Crippen molar-refractivity contribution in [3.8, 4) is 21.1 Å². The van der Waals surface area contributed by atoms with Gasteiger partial charge in [-0.1, -0.05) is 41.9 Å². The Hall–Kier alpha value is -1.65. The molecule has 3 aromatic rings. The van der Waals surface area contributed by atoms with Crippen molar-refractivity contribution < 1.29 is 0 Å². The predicted molar refractivity (Wildman–Crippen MR) is 74.9 cm³/mol. The van der Waals surface area contributed by atoms with Gasteiger partial charge in [0, 0.05) is 11.8 Å². The minimum absolute atomic E-state index is 0.665. The van der Waals surface area contributed by atoms with Gasteiger partial charge in [-0.15, -0.1) is 11.3 Å². The second kappa shape index (κ2) is 4.55. The minimum atomic E-state index is 0.665. The number of thiazole rings is 1. The third-order valence-corrected chi connectivity index (χ3v) is 4.15. The quantitative estimate of drug-likeness (QED) is 0.763. The molecule has 1 aromatic carbocycles. The number of nitrogens with zero attached hydrogens (tertiary/aromatic N) is 2. The number of aromatic nitrogens is 3. The molecule has 3 rings (SSSR count). The number of H-pyrrole nitrogens is 1. The van der Waals surface area contributed by atoms with Gasteiger partial charge in [-0.2, -0.15) is 5.10 Å². The molecule has 0 unspecified atom stereocenters. The molecule has 0 atom stereocenters. The van der Waals surface area contributed by atoms with Crippen molar-refractivity contribution >= 4 is 22.9 Å². The van der Waals surface area contributed by atoms with Crippen LogP contribution in [0, 0.1) is 6.92 Å². The van der Waals surface area contributed by atoms with Crippen molar-refractivity contribution in [3.63, 3.8) is 0 Å². The number of hydrogen-bond acceptors (Lipinski definition) is 3. The molecule has 0 radical (unpaired) electrons.